The summed E-state index contributed by atoms with van der Waals surface area (Å²) in [5.41, 5.74) is 1.14. The molecule has 2 unspecified atom stereocenters. The molecule has 21 heavy (non-hydrogen) atoms. The Morgan fingerprint density at radius 3 is 2.57 bits per heavy atom. The molecule has 0 spiro atoms. The van der Waals surface area contributed by atoms with Crippen LogP contribution in [-0.4, -0.2) is 28.3 Å². The van der Waals surface area contributed by atoms with E-state index < -0.39 is 12.0 Å². The number of carbonyl (C=O) groups excluding carboxylic acids is 1. The highest BCUT2D eigenvalue weighted by atomic mass is 32.2. The second kappa shape index (κ2) is 9.23. The fourth-order valence-corrected chi connectivity index (χ4v) is 2.51. The second-order valence-electron chi connectivity index (χ2n) is 4.64. The summed E-state index contributed by atoms with van der Waals surface area (Å²) in [6.07, 6.45) is 3.81. The lowest BCUT2D eigenvalue weighted by Gasteiger charge is -2.16. The summed E-state index contributed by atoms with van der Waals surface area (Å²) < 4.78 is 0. The number of amides is 1. The Hall–Kier alpha value is -1.75. The quantitative estimate of drug-likeness (QED) is 0.725. The zero-order valence-electron chi connectivity index (χ0n) is 12.3. The molecule has 4 nitrogen and oxygen atoms in total. The van der Waals surface area contributed by atoms with Gasteiger partial charge in [0.25, 0.3) is 0 Å². The van der Waals surface area contributed by atoms with E-state index in [1.807, 2.05) is 37.3 Å². The summed E-state index contributed by atoms with van der Waals surface area (Å²) in [5, 5.41) is 11.4. The van der Waals surface area contributed by atoms with Gasteiger partial charge in [-0.3, -0.25) is 4.79 Å². The lowest BCUT2D eigenvalue weighted by molar-refractivity contribution is -0.141. The first-order chi connectivity index (χ1) is 10.0. The van der Waals surface area contributed by atoms with Gasteiger partial charge in [0.15, 0.2) is 0 Å². The van der Waals surface area contributed by atoms with Gasteiger partial charge in [0.05, 0.1) is 5.25 Å². The Morgan fingerprint density at radius 1 is 1.33 bits per heavy atom. The first kappa shape index (κ1) is 17.3. The van der Waals surface area contributed by atoms with Gasteiger partial charge in [0.2, 0.25) is 5.91 Å². The summed E-state index contributed by atoms with van der Waals surface area (Å²) in [5.74, 6) is -0.531. The number of rotatable bonds is 8. The molecule has 1 amide bonds. The van der Waals surface area contributed by atoms with Crippen LogP contribution in [0.15, 0.2) is 42.5 Å². The summed E-state index contributed by atoms with van der Waals surface area (Å²) >= 11 is 1.49. The Bertz CT molecular complexity index is 488. The molecule has 1 rings (SSSR count). The van der Waals surface area contributed by atoms with Crippen LogP contribution in [0.3, 0.4) is 0 Å². The molecular weight excluding hydrogens is 286 g/mol. The van der Waals surface area contributed by atoms with Crippen molar-refractivity contribution in [2.45, 2.75) is 37.3 Å². The molecule has 0 heterocycles. The van der Waals surface area contributed by atoms with E-state index in [1.165, 1.54) is 11.8 Å². The van der Waals surface area contributed by atoms with Gasteiger partial charge in [-0.15, -0.1) is 11.8 Å². The molecule has 0 saturated heterocycles. The van der Waals surface area contributed by atoms with Gasteiger partial charge in [-0.25, -0.2) is 4.79 Å². The van der Waals surface area contributed by atoms with Crippen LogP contribution >= 0.6 is 11.8 Å². The van der Waals surface area contributed by atoms with E-state index in [9.17, 15) is 9.59 Å². The van der Waals surface area contributed by atoms with E-state index in [4.69, 9.17) is 5.11 Å². The Labute approximate surface area is 129 Å². The van der Waals surface area contributed by atoms with Gasteiger partial charge in [0.1, 0.15) is 6.04 Å². The van der Waals surface area contributed by atoms with E-state index in [0.29, 0.717) is 6.42 Å². The molecule has 0 radical (unpaired) electrons. The third kappa shape index (κ3) is 6.49. The van der Waals surface area contributed by atoms with Gasteiger partial charge in [-0.05, 0) is 25.8 Å². The maximum atomic E-state index is 12.0. The number of hydrogen-bond donors (Lipinski definition) is 2. The minimum absolute atomic E-state index is 0.243. The van der Waals surface area contributed by atoms with Gasteiger partial charge >= 0.3 is 5.97 Å². The maximum Gasteiger partial charge on any atom is 0.326 e. The highest BCUT2D eigenvalue weighted by Gasteiger charge is 2.22. The van der Waals surface area contributed by atoms with Crippen molar-refractivity contribution in [3.05, 3.63) is 48.0 Å². The van der Waals surface area contributed by atoms with Crippen molar-refractivity contribution < 1.29 is 14.7 Å². The van der Waals surface area contributed by atoms with Crippen molar-refractivity contribution in [1.29, 1.82) is 0 Å². The highest BCUT2D eigenvalue weighted by Crippen LogP contribution is 2.17. The number of nitrogens with one attached hydrogen (secondary N) is 1. The third-order valence-electron chi connectivity index (χ3n) is 2.93. The average Bonchev–Trinajstić information content (AvgIpc) is 2.49. The largest absolute Gasteiger partial charge is 0.480 e. The van der Waals surface area contributed by atoms with E-state index >= 15 is 0 Å². The normalized spacial score (nSPS) is 13.8. The smallest absolute Gasteiger partial charge is 0.326 e. The molecule has 0 saturated carbocycles. The summed E-state index contributed by atoms with van der Waals surface area (Å²) in [6, 6.07) is 9.00. The molecule has 2 atom stereocenters. The van der Waals surface area contributed by atoms with Crippen molar-refractivity contribution in [2.24, 2.45) is 0 Å². The molecule has 114 valence electrons. The molecule has 0 aliphatic carbocycles. The first-order valence-corrected chi connectivity index (χ1v) is 7.89. The van der Waals surface area contributed by atoms with Crippen molar-refractivity contribution in [3.8, 4) is 0 Å². The van der Waals surface area contributed by atoms with Crippen LogP contribution in [-0.2, 0) is 15.3 Å². The number of thioether (sulfide) groups is 1. The van der Waals surface area contributed by atoms with Crippen LogP contribution in [0.2, 0.25) is 0 Å². The molecule has 5 heteroatoms. The number of hydrogen-bond acceptors (Lipinski definition) is 3. The average molecular weight is 307 g/mol. The Kier molecular flexibility index (Phi) is 7.61. The third-order valence-corrected chi connectivity index (χ3v) is 4.15. The predicted molar refractivity (Wildman–Crippen MR) is 86.2 cm³/mol. The Balaban J connectivity index is 2.47. The number of benzene rings is 1. The number of carboxylic acids is 1. The topological polar surface area (TPSA) is 66.4 Å². The molecule has 1 aromatic carbocycles. The van der Waals surface area contributed by atoms with Crippen LogP contribution in [0.1, 0.15) is 25.8 Å². The number of allylic oxidation sites excluding steroid dienone is 1. The minimum atomic E-state index is -1.01. The standard InChI is InChI=1S/C16H21NO3S/c1-3-4-10-14(16(19)20)17-15(18)12(2)21-11-13-8-6-5-7-9-13/h3-9,12,14H,10-11H2,1-2H3,(H,17,18)(H,19,20)/b4-3+. The van der Waals surface area contributed by atoms with Crippen LogP contribution in [0, 0.1) is 0 Å². The van der Waals surface area contributed by atoms with Crippen molar-refractivity contribution in [3.63, 3.8) is 0 Å². The Morgan fingerprint density at radius 2 is 2.00 bits per heavy atom. The molecule has 0 aliphatic heterocycles. The maximum absolute atomic E-state index is 12.0. The van der Waals surface area contributed by atoms with Crippen molar-refractivity contribution >= 4 is 23.6 Å². The second-order valence-corrected chi connectivity index (χ2v) is 5.97. The predicted octanol–water partition coefficient (Wildman–Crippen LogP) is 2.84. The number of aliphatic carboxylic acids is 1. The number of carboxylic acid groups (broad SMARTS) is 1. The zero-order valence-corrected chi connectivity index (χ0v) is 13.1. The SMILES string of the molecule is C/C=C/CC(NC(=O)C(C)SCc1ccccc1)C(=O)O. The minimum Gasteiger partial charge on any atom is -0.480 e. The summed E-state index contributed by atoms with van der Waals surface area (Å²) in [6.45, 7) is 3.61. The number of carbonyl (C=O) groups is 2. The van der Waals surface area contributed by atoms with E-state index in [1.54, 1.807) is 19.1 Å². The summed E-state index contributed by atoms with van der Waals surface area (Å²) in [4.78, 5) is 23.1. The highest BCUT2D eigenvalue weighted by molar-refractivity contribution is 7.99. The van der Waals surface area contributed by atoms with Crippen LogP contribution in [0.4, 0.5) is 0 Å². The van der Waals surface area contributed by atoms with Gasteiger partial charge in [0, 0.05) is 5.75 Å². The first-order valence-electron chi connectivity index (χ1n) is 6.84. The molecule has 0 aliphatic rings. The molecule has 0 bridgehead atoms. The monoisotopic (exact) mass is 307 g/mol. The molecule has 2 N–H and O–H groups in total. The molecule has 0 aromatic heterocycles. The molecule has 1 aromatic rings. The lowest BCUT2D eigenvalue weighted by atomic mass is 10.2. The van der Waals surface area contributed by atoms with Crippen molar-refractivity contribution in [2.75, 3.05) is 0 Å². The van der Waals surface area contributed by atoms with E-state index in [0.717, 1.165) is 11.3 Å². The van der Waals surface area contributed by atoms with Gasteiger partial charge in [-0.1, -0.05) is 42.5 Å². The van der Waals surface area contributed by atoms with Crippen LogP contribution < -0.4 is 5.32 Å². The van der Waals surface area contributed by atoms with Gasteiger partial charge in [-0.2, -0.15) is 0 Å². The van der Waals surface area contributed by atoms with Gasteiger partial charge < -0.3 is 10.4 Å². The summed E-state index contributed by atoms with van der Waals surface area (Å²) in [7, 11) is 0. The van der Waals surface area contributed by atoms with Crippen LogP contribution in [0.5, 0.6) is 0 Å². The van der Waals surface area contributed by atoms with Crippen molar-refractivity contribution in [1.82, 2.24) is 5.32 Å². The zero-order chi connectivity index (χ0) is 15.7. The van der Waals surface area contributed by atoms with E-state index in [2.05, 4.69) is 5.32 Å². The fourth-order valence-electron chi connectivity index (χ4n) is 1.65. The fraction of sp³-hybridized carbons (Fsp3) is 0.375. The van der Waals surface area contributed by atoms with E-state index in [-0.39, 0.29) is 11.2 Å². The molecule has 0 fully saturated rings. The lowest BCUT2D eigenvalue weighted by Crippen LogP contribution is -2.43. The molecular formula is C16H21NO3S. The van der Waals surface area contributed by atoms with Crippen LogP contribution in [0.25, 0.3) is 0 Å².